The molecule has 0 spiro atoms. The third-order valence-corrected chi connectivity index (χ3v) is 13.7. The summed E-state index contributed by atoms with van der Waals surface area (Å²) in [7, 11) is 0. The highest BCUT2D eigenvalue weighted by atomic mass is 79.9. The Balaban J connectivity index is 1.27. The average Bonchev–Trinajstić information content (AvgIpc) is 3.75. The van der Waals surface area contributed by atoms with Gasteiger partial charge in [0, 0.05) is 39.2 Å². The maximum absolute atomic E-state index is 13.0. The summed E-state index contributed by atoms with van der Waals surface area (Å²) < 4.78 is 4.10. The van der Waals surface area contributed by atoms with Gasteiger partial charge in [-0.2, -0.15) is 0 Å². The number of aryl methyl sites for hydroxylation is 4. The van der Waals surface area contributed by atoms with Gasteiger partial charge in [-0.05, 0) is 97.5 Å². The van der Waals surface area contributed by atoms with Gasteiger partial charge in [0.25, 0.3) is 0 Å². The molecule has 0 saturated carbocycles. The Hall–Kier alpha value is -4.14. The van der Waals surface area contributed by atoms with E-state index in [0.29, 0.717) is 0 Å². The molecule has 0 unspecified atom stereocenters. The largest absolute Gasteiger partial charge is 0.376 e. The summed E-state index contributed by atoms with van der Waals surface area (Å²) in [6.45, 7) is 8.26. The number of halogens is 2. The number of benzene rings is 6. The Morgan fingerprint density at radius 1 is 0.389 bits per heavy atom. The Bertz CT molecular complexity index is 2320. The number of fused-ring (bicyclic) bond motifs is 1. The van der Waals surface area contributed by atoms with Crippen molar-refractivity contribution >= 4 is 63.9 Å². The first-order valence-electron chi connectivity index (χ1n) is 17.8. The lowest BCUT2D eigenvalue weighted by atomic mass is 9.78. The Labute approximate surface area is 341 Å². The second-order valence-corrected chi connectivity index (χ2v) is 18.2. The van der Waals surface area contributed by atoms with Crippen molar-refractivity contribution in [3.05, 3.63) is 210 Å². The van der Waals surface area contributed by atoms with E-state index < -0.39 is 11.2 Å². The zero-order valence-electron chi connectivity index (χ0n) is 30.3. The van der Waals surface area contributed by atoms with Crippen LogP contribution in [0.4, 0.5) is 0 Å². The van der Waals surface area contributed by atoms with Gasteiger partial charge in [0.1, 0.15) is 11.2 Å². The molecule has 0 bridgehead atoms. The topological polar surface area (TPSA) is 40.5 Å². The average molecular weight is 871 g/mol. The molecular weight excluding hydrogens is 832 g/mol. The molecule has 0 aliphatic carbocycles. The highest BCUT2D eigenvalue weighted by Crippen LogP contribution is 2.50. The van der Waals surface area contributed by atoms with Crippen molar-refractivity contribution in [1.29, 1.82) is 0 Å². The van der Waals surface area contributed by atoms with E-state index in [1.807, 2.05) is 60.7 Å². The van der Waals surface area contributed by atoms with Crippen LogP contribution >= 0.6 is 54.5 Å². The van der Waals surface area contributed by atoms with E-state index in [1.54, 1.807) is 22.7 Å². The lowest BCUT2D eigenvalue weighted by molar-refractivity contribution is 0.126. The van der Waals surface area contributed by atoms with Crippen molar-refractivity contribution in [2.45, 2.75) is 38.9 Å². The molecule has 0 aliphatic heterocycles. The lowest BCUT2D eigenvalue weighted by Gasteiger charge is -2.32. The quantitative estimate of drug-likeness (QED) is 0.149. The van der Waals surface area contributed by atoms with Crippen LogP contribution in [-0.2, 0) is 11.2 Å². The van der Waals surface area contributed by atoms with Crippen LogP contribution in [0.5, 0.6) is 0 Å². The maximum Gasteiger partial charge on any atom is 0.141 e. The van der Waals surface area contributed by atoms with Gasteiger partial charge in [-0.25, -0.2) is 0 Å². The maximum atomic E-state index is 13.0. The highest BCUT2D eigenvalue weighted by Gasteiger charge is 2.38. The first kappa shape index (κ1) is 36.8. The van der Waals surface area contributed by atoms with Crippen molar-refractivity contribution in [3.8, 4) is 20.9 Å². The summed E-state index contributed by atoms with van der Waals surface area (Å²) in [5, 5.41) is 26.0. The van der Waals surface area contributed by atoms with Gasteiger partial charge in [-0.1, -0.05) is 163 Å². The molecule has 2 heterocycles. The van der Waals surface area contributed by atoms with E-state index in [0.717, 1.165) is 94.9 Å². The molecule has 0 fully saturated rings. The Morgan fingerprint density at radius 3 is 0.944 bits per heavy atom. The van der Waals surface area contributed by atoms with Crippen LogP contribution in [0.2, 0.25) is 0 Å². The SMILES string of the molecule is Cc1ccc(C(O)(c2ccc(C)cc2)c2cc(Br)ccc2-c2cc3sc(-c4ccc(Br)cc4C(O)(c4ccc(C)cc4)c4ccc(C)cc4)cc3s2)cc1. The summed E-state index contributed by atoms with van der Waals surface area (Å²) in [4.78, 5) is 2.16. The minimum atomic E-state index is -1.40. The normalized spacial score (nSPS) is 12.1. The van der Waals surface area contributed by atoms with Crippen molar-refractivity contribution in [1.82, 2.24) is 0 Å². The molecule has 0 radical (unpaired) electrons. The summed E-state index contributed by atoms with van der Waals surface area (Å²) in [5.74, 6) is 0. The second-order valence-electron chi connectivity index (χ2n) is 14.2. The molecule has 0 saturated heterocycles. The molecule has 0 amide bonds. The monoisotopic (exact) mass is 868 g/mol. The van der Waals surface area contributed by atoms with Gasteiger partial charge < -0.3 is 10.2 Å². The van der Waals surface area contributed by atoms with Crippen molar-refractivity contribution in [3.63, 3.8) is 0 Å². The van der Waals surface area contributed by atoms with Crippen LogP contribution < -0.4 is 0 Å². The Morgan fingerprint density at radius 2 is 0.667 bits per heavy atom. The standard InChI is InChI=1S/C48H38Br2O2S2/c1-29-5-13-33(14-6-29)47(51,34-15-7-30(2)8-16-34)41-25-37(49)21-23-39(41)43-27-45-46(53-43)28-44(54-45)40-24-22-38(50)26-42(40)48(52,35-17-9-31(3)10-18-35)36-19-11-32(4)12-20-36/h5-28,51-52H,1-4H3. The fourth-order valence-electron chi connectivity index (χ4n) is 7.30. The summed E-state index contributed by atoms with van der Waals surface area (Å²) in [5.41, 5.74) is 8.61. The molecule has 2 nitrogen and oxygen atoms in total. The molecule has 0 aliphatic rings. The fraction of sp³-hybridized carbons (Fsp3) is 0.125. The summed E-state index contributed by atoms with van der Waals surface area (Å²) in [6.07, 6.45) is 0. The fourth-order valence-corrected chi connectivity index (χ4v) is 10.5. The van der Waals surface area contributed by atoms with E-state index in [4.69, 9.17) is 0 Å². The molecule has 6 heteroatoms. The van der Waals surface area contributed by atoms with Crippen molar-refractivity contribution in [2.24, 2.45) is 0 Å². The third kappa shape index (κ3) is 6.63. The van der Waals surface area contributed by atoms with Crippen LogP contribution in [-0.4, -0.2) is 10.2 Å². The lowest BCUT2D eigenvalue weighted by Crippen LogP contribution is -2.29. The predicted octanol–water partition coefficient (Wildman–Crippen LogP) is 13.6. The van der Waals surface area contributed by atoms with Crippen molar-refractivity contribution < 1.29 is 10.2 Å². The number of aliphatic hydroxyl groups is 2. The van der Waals surface area contributed by atoms with E-state index >= 15 is 0 Å². The van der Waals surface area contributed by atoms with Crippen LogP contribution in [0.25, 0.3) is 30.3 Å². The molecule has 268 valence electrons. The Kier molecular flexibility index (Phi) is 9.88. The third-order valence-electron chi connectivity index (χ3n) is 10.4. The van der Waals surface area contributed by atoms with Crippen molar-refractivity contribution in [2.75, 3.05) is 0 Å². The first-order chi connectivity index (χ1) is 25.9. The van der Waals surface area contributed by atoms with E-state index in [-0.39, 0.29) is 0 Å². The zero-order valence-corrected chi connectivity index (χ0v) is 35.1. The number of thiophene rings is 2. The van der Waals surface area contributed by atoms with Gasteiger partial charge in [0.2, 0.25) is 0 Å². The summed E-state index contributed by atoms with van der Waals surface area (Å²) in [6, 6.07) is 49.6. The summed E-state index contributed by atoms with van der Waals surface area (Å²) >= 11 is 10.9. The van der Waals surface area contributed by atoms with E-state index in [1.165, 1.54) is 0 Å². The second kappa shape index (κ2) is 14.5. The molecule has 2 N–H and O–H groups in total. The van der Waals surface area contributed by atoms with Gasteiger partial charge in [-0.3, -0.25) is 0 Å². The first-order valence-corrected chi connectivity index (χ1v) is 21.0. The molecule has 6 aromatic carbocycles. The molecule has 54 heavy (non-hydrogen) atoms. The molecule has 8 rings (SSSR count). The van der Waals surface area contributed by atoms with Crippen LogP contribution in [0.15, 0.2) is 155 Å². The molecular formula is C48H38Br2O2S2. The molecule has 0 atom stereocenters. The number of rotatable bonds is 8. The predicted molar refractivity (Wildman–Crippen MR) is 235 cm³/mol. The van der Waals surface area contributed by atoms with Crippen LogP contribution in [0.1, 0.15) is 55.6 Å². The van der Waals surface area contributed by atoms with Crippen LogP contribution in [0.3, 0.4) is 0 Å². The van der Waals surface area contributed by atoms with Crippen LogP contribution in [0, 0.1) is 27.7 Å². The van der Waals surface area contributed by atoms with Gasteiger partial charge in [0.05, 0.1) is 0 Å². The number of hydrogen-bond donors (Lipinski definition) is 2. The minimum absolute atomic E-state index is 0.814. The highest BCUT2D eigenvalue weighted by molar-refractivity contribution is 9.10. The number of hydrogen-bond acceptors (Lipinski definition) is 4. The van der Waals surface area contributed by atoms with E-state index in [2.05, 4.69) is 144 Å². The minimum Gasteiger partial charge on any atom is -0.376 e. The zero-order chi connectivity index (χ0) is 37.8. The van der Waals surface area contributed by atoms with Gasteiger partial charge in [-0.15, -0.1) is 22.7 Å². The molecule has 8 aromatic rings. The molecule has 2 aromatic heterocycles. The smallest absolute Gasteiger partial charge is 0.141 e. The van der Waals surface area contributed by atoms with E-state index in [9.17, 15) is 10.2 Å². The van der Waals surface area contributed by atoms with Gasteiger partial charge in [0.15, 0.2) is 0 Å². The van der Waals surface area contributed by atoms with Gasteiger partial charge >= 0.3 is 0 Å².